The van der Waals surface area contributed by atoms with Gasteiger partial charge >= 0.3 is 0 Å². The minimum Gasteiger partial charge on any atom is -0.393 e. The number of amides is 1. The summed E-state index contributed by atoms with van der Waals surface area (Å²) in [5, 5.41) is 12.1. The Hall–Kier alpha value is -1.88. The van der Waals surface area contributed by atoms with Gasteiger partial charge in [0.05, 0.1) is 6.10 Å². The number of aromatic nitrogens is 2. The first kappa shape index (κ1) is 13.5. The van der Waals surface area contributed by atoms with Crippen LogP contribution in [0.2, 0.25) is 0 Å². The molecule has 0 aliphatic heterocycles. The van der Waals surface area contributed by atoms with Crippen molar-refractivity contribution in [2.45, 2.75) is 39.3 Å². The van der Waals surface area contributed by atoms with Crippen LogP contribution < -0.4 is 5.32 Å². The highest BCUT2D eigenvalue weighted by Crippen LogP contribution is 2.09. The molecular formula is C14H19N3O2. The molecule has 102 valence electrons. The lowest BCUT2D eigenvalue weighted by Gasteiger charge is -2.14. The number of aliphatic hydroxyl groups excluding tert-OH is 1. The Labute approximate surface area is 112 Å². The van der Waals surface area contributed by atoms with Crippen molar-refractivity contribution < 1.29 is 9.90 Å². The van der Waals surface area contributed by atoms with Crippen LogP contribution in [0.1, 0.15) is 36.5 Å². The van der Waals surface area contributed by atoms with Crippen LogP contribution in [-0.4, -0.2) is 32.5 Å². The summed E-state index contributed by atoms with van der Waals surface area (Å²) in [6.45, 7) is 5.54. The van der Waals surface area contributed by atoms with Crippen LogP contribution in [0.5, 0.6) is 0 Å². The Morgan fingerprint density at radius 2 is 2.21 bits per heavy atom. The molecule has 5 nitrogen and oxygen atoms in total. The summed E-state index contributed by atoms with van der Waals surface area (Å²) in [4.78, 5) is 16.3. The summed E-state index contributed by atoms with van der Waals surface area (Å²) >= 11 is 0. The number of nitrogens with zero attached hydrogens (tertiary/aromatic N) is 2. The third-order valence-corrected chi connectivity index (χ3v) is 3.00. The zero-order valence-corrected chi connectivity index (χ0v) is 11.4. The van der Waals surface area contributed by atoms with Gasteiger partial charge in [0.1, 0.15) is 11.3 Å². The first-order valence-electron chi connectivity index (χ1n) is 6.41. The summed E-state index contributed by atoms with van der Waals surface area (Å²) in [6.07, 6.45) is 1.83. The van der Waals surface area contributed by atoms with Crippen LogP contribution in [0.3, 0.4) is 0 Å². The quantitative estimate of drug-likeness (QED) is 0.877. The zero-order valence-electron chi connectivity index (χ0n) is 11.4. The van der Waals surface area contributed by atoms with Crippen molar-refractivity contribution in [3.8, 4) is 0 Å². The van der Waals surface area contributed by atoms with Gasteiger partial charge in [0.2, 0.25) is 0 Å². The van der Waals surface area contributed by atoms with Crippen molar-refractivity contribution in [3.05, 3.63) is 35.8 Å². The normalized spacial score (nSPS) is 14.3. The summed E-state index contributed by atoms with van der Waals surface area (Å²) in [6, 6.07) is 5.66. The highest BCUT2D eigenvalue weighted by molar-refractivity contribution is 5.93. The lowest BCUT2D eigenvalue weighted by Crippen LogP contribution is -2.34. The number of imidazole rings is 1. The second-order valence-corrected chi connectivity index (χ2v) is 4.98. The maximum absolute atomic E-state index is 12.0. The molecule has 2 N–H and O–H groups in total. The Morgan fingerprint density at radius 3 is 2.84 bits per heavy atom. The van der Waals surface area contributed by atoms with Gasteiger partial charge in [0.15, 0.2) is 0 Å². The lowest BCUT2D eigenvalue weighted by molar-refractivity contribution is 0.0918. The molecule has 0 spiro atoms. The van der Waals surface area contributed by atoms with E-state index in [0.29, 0.717) is 12.1 Å². The van der Waals surface area contributed by atoms with Gasteiger partial charge in [0.25, 0.3) is 5.91 Å². The second-order valence-electron chi connectivity index (χ2n) is 4.98. The molecule has 5 heteroatoms. The number of pyridine rings is 1. The van der Waals surface area contributed by atoms with Gasteiger partial charge in [-0.05, 0) is 39.3 Å². The van der Waals surface area contributed by atoms with Gasteiger partial charge in [-0.2, -0.15) is 0 Å². The van der Waals surface area contributed by atoms with Crippen molar-refractivity contribution in [2.24, 2.45) is 0 Å². The molecule has 2 aromatic heterocycles. The summed E-state index contributed by atoms with van der Waals surface area (Å²) < 4.78 is 1.88. The molecule has 0 saturated heterocycles. The Kier molecular flexibility index (Phi) is 3.85. The molecule has 0 fully saturated rings. The van der Waals surface area contributed by atoms with E-state index in [-0.39, 0.29) is 11.9 Å². The topological polar surface area (TPSA) is 66.6 Å². The van der Waals surface area contributed by atoms with Gasteiger partial charge < -0.3 is 14.8 Å². The van der Waals surface area contributed by atoms with Crippen molar-refractivity contribution in [3.63, 3.8) is 0 Å². The fourth-order valence-corrected chi connectivity index (χ4v) is 2.13. The zero-order chi connectivity index (χ0) is 14.0. The fraction of sp³-hybridized carbons (Fsp3) is 0.429. The van der Waals surface area contributed by atoms with E-state index in [4.69, 9.17) is 0 Å². The van der Waals surface area contributed by atoms with Gasteiger partial charge in [-0.15, -0.1) is 0 Å². The molecule has 19 heavy (non-hydrogen) atoms. The van der Waals surface area contributed by atoms with Gasteiger partial charge in [-0.3, -0.25) is 4.79 Å². The molecule has 1 amide bonds. The van der Waals surface area contributed by atoms with Crippen LogP contribution in [0, 0.1) is 6.92 Å². The van der Waals surface area contributed by atoms with Crippen molar-refractivity contribution >= 4 is 11.6 Å². The fourth-order valence-electron chi connectivity index (χ4n) is 2.13. The highest BCUT2D eigenvalue weighted by Gasteiger charge is 2.14. The maximum atomic E-state index is 12.0. The Morgan fingerprint density at radius 1 is 1.47 bits per heavy atom. The molecule has 2 unspecified atom stereocenters. The first-order chi connectivity index (χ1) is 8.97. The number of nitrogens with one attached hydrogen (secondary N) is 1. The minimum absolute atomic E-state index is 0.0848. The molecule has 0 aromatic carbocycles. The van der Waals surface area contributed by atoms with Gasteiger partial charge in [0, 0.05) is 17.9 Å². The average molecular weight is 261 g/mol. The molecule has 2 atom stereocenters. The SMILES string of the molecule is Cc1cccc2nc(C(=O)NC(C)CC(C)O)cn12. The lowest BCUT2D eigenvalue weighted by atomic mass is 10.1. The molecule has 0 aliphatic rings. The second kappa shape index (κ2) is 5.40. The average Bonchev–Trinajstić information content (AvgIpc) is 2.73. The van der Waals surface area contributed by atoms with E-state index in [2.05, 4.69) is 10.3 Å². The molecule has 0 aliphatic carbocycles. The van der Waals surface area contributed by atoms with E-state index < -0.39 is 6.10 Å². The smallest absolute Gasteiger partial charge is 0.271 e. The van der Waals surface area contributed by atoms with E-state index in [0.717, 1.165) is 11.3 Å². The third-order valence-electron chi connectivity index (χ3n) is 3.00. The van der Waals surface area contributed by atoms with E-state index >= 15 is 0 Å². The number of hydrogen-bond donors (Lipinski definition) is 2. The molecular weight excluding hydrogens is 242 g/mol. The van der Waals surface area contributed by atoms with Crippen molar-refractivity contribution in [2.75, 3.05) is 0 Å². The monoisotopic (exact) mass is 261 g/mol. The van der Waals surface area contributed by atoms with E-state index in [1.54, 1.807) is 13.1 Å². The summed E-state index contributed by atoms with van der Waals surface area (Å²) in [5.41, 5.74) is 2.18. The largest absolute Gasteiger partial charge is 0.393 e. The number of aliphatic hydroxyl groups is 1. The van der Waals surface area contributed by atoms with Gasteiger partial charge in [-0.1, -0.05) is 6.07 Å². The molecule has 0 radical (unpaired) electrons. The highest BCUT2D eigenvalue weighted by atomic mass is 16.3. The predicted molar refractivity (Wildman–Crippen MR) is 73.2 cm³/mol. The molecule has 2 heterocycles. The maximum Gasteiger partial charge on any atom is 0.271 e. The van der Waals surface area contributed by atoms with Crippen LogP contribution >= 0.6 is 0 Å². The standard InChI is InChI=1S/C14H19N3O2/c1-9(7-11(3)18)15-14(19)12-8-17-10(2)5-4-6-13(17)16-12/h4-6,8-9,11,18H,7H2,1-3H3,(H,15,19). The van der Waals surface area contributed by atoms with Crippen molar-refractivity contribution in [1.82, 2.24) is 14.7 Å². The van der Waals surface area contributed by atoms with Crippen LogP contribution in [0.4, 0.5) is 0 Å². The molecule has 0 saturated carbocycles. The van der Waals surface area contributed by atoms with E-state index in [1.165, 1.54) is 0 Å². The van der Waals surface area contributed by atoms with E-state index in [1.807, 2.05) is 36.4 Å². The number of aryl methyl sites for hydroxylation is 1. The van der Waals surface area contributed by atoms with Crippen LogP contribution in [0.15, 0.2) is 24.4 Å². The Balaban J connectivity index is 2.15. The number of carbonyl (C=O) groups excluding carboxylic acids is 1. The molecule has 2 aromatic rings. The van der Waals surface area contributed by atoms with E-state index in [9.17, 15) is 9.90 Å². The number of carbonyl (C=O) groups is 1. The van der Waals surface area contributed by atoms with Crippen LogP contribution in [0.25, 0.3) is 5.65 Å². The number of rotatable bonds is 4. The summed E-state index contributed by atoms with van der Waals surface area (Å²) in [5.74, 6) is -0.212. The number of fused-ring (bicyclic) bond motifs is 1. The Bertz CT molecular complexity index is 589. The predicted octanol–water partition coefficient (Wildman–Crippen LogP) is 1.53. The molecule has 2 rings (SSSR count). The number of hydrogen-bond acceptors (Lipinski definition) is 3. The third kappa shape index (κ3) is 3.12. The van der Waals surface area contributed by atoms with Crippen LogP contribution in [-0.2, 0) is 0 Å². The van der Waals surface area contributed by atoms with Crippen molar-refractivity contribution in [1.29, 1.82) is 0 Å². The first-order valence-corrected chi connectivity index (χ1v) is 6.41. The summed E-state index contributed by atoms with van der Waals surface area (Å²) in [7, 11) is 0. The van der Waals surface area contributed by atoms with Gasteiger partial charge in [-0.25, -0.2) is 4.98 Å². The minimum atomic E-state index is -0.432. The molecule has 0 bridgehead atoms.